The summed E-state index contributed by atoms with van der Waals surface area (Å²) in [5, 5.41) is 20.8. The number of amides is 1. The Morgan fingerprint density at radius 3 is 2.72 bits per heavy atom. The standard InChI is InChI=1S/C13H17N3O2/c1-4-13(3,8-17)16-12(18)11-6-5-10(7-14)9(2)15-11/h5-6,17H,4,8H2,1-3H3,(H,16,18). The second-order valence-electron chi connectivity index (χ2n) is 4.47. The number of aryl methyl sites for hydroxylation is 1. The molecule has 1 aromatic rings. The van der Waals surface area contributed by atoms with Gasteiger partial charge >= 0.3 is 0 Å². The molecule has 0 aliphatic heterocycles. The van der Waals surface area contributed by atoms with E-state index in [0.29, 0.717) is 17.7 Å². The highest BCUT2D eigenvalue weighted by Crippen LogP contribution is 2.10. The number of aliphatic hydroxyl groups excluding tert-OH is 1. The molecule has 1 amide bonds. The number of nitriles is 1. The summed E-state index contributed by atoms with van der Waals surface area (Å²) >= 11 is 0. The van der Waals surface area contributed by atoms with E-state index in [1.165, 1.54) is 6.07 Å². The Morgan fingerprint density at radius 2 is 2.28 bits per heavy atom. The lowest BCUT2D eigenvalue weighted by atomic mass is 10.00. The first-order valence-electron chi connectivity index (χ1n) is 5.77. The predicted octanol–water partition coefficient (Wildman–Crippen LogP) is 1.15. The van der Waals surface area contributed by atoms with Crippen LogP contribution in [-0.2, 0) is 0 Å². The summed E-state index contributed by atoms with van der Waals surface area (Å²) in [5.41, 5.74) is 0.569. The van der Waals surface area contributed by atoms with E-state index in [9.17, 15) is 9.90 Å². The Labute approximate surface area is 106 Å². The third-order valence-corrected chi connectivity index (χ3v) is 2.98. The fourth-order valence-electron chi connectivity index (χ4n) is 1.38. The van der Waals surface area contributed by atoms with Crippen LogP contribution in [0, 0.1) is 18.3 Å². The first-order valence-corrected chi connectivity index (χ1v) is 5.77. The van der Waals surface area contributed by atoms with Crippen LogP contribution in [0.4, 0.5) is 0 Å². The highest BCUT2D eigenvalue weighted by atomic mass is 16.3. The quantitative estimate of drug-likeness (QED) is 0.835. The normalized spacial score (nSPS) is 13.5. The monoisotopic (exact) mass is 247 g/mol. The molecule has 0 aromatic carbocycles. The van der Waals surface area contributed by atoms with Crippen molar-refractivity contribution in [2.45, 2.75) is 32.7 Å². The molecule has 0 fully saturated rings. The van der Waals surface area contributed by atoms with Gasteiger partial charge in [-0.1, -0.05) is 6.92 Å². The molecule has 0 bridgehead atoms. The van der Waals surface area contributed by atoms with E-state index in [-0.39, 0.29) is 18.2 Å². The summed E-state index contributed by atoms with van der Waals surface area (Å²) in [6.45, 7) is 5.19. The SMILES string of the molecule is CCC(C)(CO)NC(=O)c1ccc(C#N)c(C)n1. The average Bonchev–Trinajstić information content (AvgIpc) is 2.38. The Bertz CT molecular complexity index is 487. The smallest absolute Gasteiger partial charge is 0.270 e. The lowest BCUT2D eigenvalue weighted by molar-refractivity contribution is 0.0842. The first kappa shape index (κ1) is 14.1. The minimum Gasteiger partial charge on any atom is -0.394 e. The Morgan fingerprint density at radius 1 is 1.61 bits per heavy atom. The number of aromatic nitrogens is 1. The van der Waals surface area contributed by atoms with Crippen LogP contribution in [-0.4, -0.2) is 28.1 Å². The maximum absolute atomic E-state index is 12.0. The summed E-state index contributed by atoms with van der Waals surface area (Å²) in [5.74, 6) is -0.346. The van der Waals surface area contributed by atoms with Gasteiger partial charge in [-0.2, -0.15) is 5.26 Å². The number of hydrogen-bond acceptors (Lipinski definition) is 4. The number of nitrogens with one attached hydrogen (secondary N) is 1. The molecular formula is C13H17N3O2. The molecule has 1 unspecified atom stereocenters. The molecule has 96 valence electrons. The summed E-state index contributed by atoms with van der Waals surface area (Å²) in [6, 6.07) is 5.07. The van der Waals surface area contributed by atoms with Gasteiger partial charge in [0.05, 0.1) is 23.4 Å². The third kappa shape index (κ3) is 3.05. The average molecular weight is 247 g/mol. The van der Waals surface area contributed by atoms with Crippen LogP contribution in [0.15, 0.2) is 12.1 Å². The first-order chi connectivity index (χ1) is 8.45. The van der Waals surface area contributed by atoms with Crippen LogP contribution in [0.2, 0.25) is 0 Å². The maximum atomic E-state index is 12.0. The largest absolute Gasteiger partial charge is 0.394 e. The van der Waals surface area contributed by atoms with Crippen LogP contribution in [0.3, 0.4) is 0 Å². The van der Waals surface area contributed by atoms with Crippen LogP contribution in [0.25, 0.3) is 0 Å². The number of rotatable bonds is 4. The summed E-state index contributed by atoms with van der Waals surface area (Å²) in [7, 11) is 0. The van der Waals surface area contributed by atoms with E-state index in [4.69, 9.17) is 5.26 Å². The van der Waals surface area contributed by atoms with Gasteiger partial charge in [-0.15, -0.1) is 0 Å². The van der Waals surface area contributed by atoms with E-state index < -0.39 is 5.54 Å². The van der Waals surface area contributed by atoms with Crippen LogP contribution in [0.5, 0.6) is 0 Å². The van der Waals surface area contributed by atoms with Crippen molar-refractivity contribution >= 4 is 5.91 Å². The van der Waals surface area contributed by atoms with Crippen molar-refractivity contribution in [3.05, 3.63) is 29.1 Å². The number of aliphatic hydroxyl groups is 1. The van der Waals surface area contributed by atoms with Gasteiger partial charge in [0.15, 0.2) is 0 Å². The summed E-state index contributed by atoms with van der Waals surface area (Å²) in [6.07, 6.45) is 0.616. The molecule has 5 heteroatoms. The van der Waals surface area contributed by atoms with E-state index in [1.54, 1.807) is 19.9 Å². The van der Waals surface area contributed by atoms with Crippen LogP contribution < -0.4 is 5.32 Å². The van der Waals surface area contributed by atoms with Crippen molar-refractivity contribution in [3.63, 3.8) is 0 Å². The van der Waals surface area contributed by atoms with Gasteiger partial charge < -0.3 is 10.4 Å². The number of carbonyl (C=O) groups is 1. The Hall–Kier alpha value is -1.93. The molecule has 0 aliphatic rings. The maximum Gasteiger partial charge on any atom is 0.270 e. The topological polar surface area (TPSA) is 86.0 Å². The number of nitrogens with zero attached hydrogens (tertiary/aromatic N) is 2. The van der Waals surface area contributed by atoms with Crippen LogP contribution >= 0.6 is 0 Å². The van der Waals surface area contributed by atoms with Crippen molar-refractivity contribution in [1.29, 1.82) is 5.26 Å². The molecule has 0 saturated heterocycles. The third-order valence-electron chi connectivity index (χ3n) is 2.98. The van der Waals surface area contributed by atoms with Crippen molar-refractivity contribution in [2.24, 2.45) is 0 Å². The van der Waals surface area contributed by atoms with E-state index in [1.807, 2.05) is 13.0 Å². The minimum atomic E-state index is -0.652. The van der Waals surface area contributed by atoms with Crippen molar-refractivity contribution < 1.29 is 9.90 Å². The zero-order chi connectivity index (χ0) is 13.8. The van der Waals surface area contributed by atoms with Crippen LogP contribution in [0.1, 0.15) is 42.0 Å². The zero-order valence-corrected chi connectivity index (χ0v) is 10.8. The lowest BCUT2D eigenvalue weighted by Gasteiger charge is -2.26. The van der Waals surface area contributed by atoms with E-state index in [2.05, 4.69) is 10.3 Å². The van der Waals surface area contributed by atoms with Crippen molar-refractivity contribution in [3.8, 4) is 6.07 Å². The van der Waals surface area contributed by atoms with Gasteiger partial charge in [-0.25, -0.2) is 4.98 Å². The molecule has 0 spiro atoms. The van der Waals surface area contributed by atoms with Crippen molar-refractivity contribution in [2.75, 3.05) is 6.61 Å². The van der Waals surface area contributed by atoms with Gasteiger partial charge in [0.1, 0.15) is 11.8 Å². The lowest BCUT2D eigenvalue weighted by Crippen LogP contribution is -2.48. The number of hydrogen-bond donors (Lipinski definition) is 2. The van der Waals surface area contributed by atoms with Gasteiger partial charge in [-0.05, 0) is 32.4 Å². The highest BCUT2D eigenvalue weighted by molar-refractivity contribution is 5.92. The molecular weight excluding hydrogens is 230 g/mol. The molecule has 0 radical (unpaired) electrons. The van der Waals surface area contributed by atoms with Gasteiger partial charge in [-0.3, -0.25) is 4.79 Å². The Balaban J connectivity index is 2.92. The fraction of sp³-hybridized carbons (Fsp3) is 0.462. The molecule has 1 rings (SSSR count). The minimum absolute atomic E-state index is 0.134. The summed E-state index contributed by atoms with van der Waals surface area (Å²) < 4.78 is 0. The second-order valence-corrected chi connectivity index (χ2v) is 4.47. The molecule has 0 saturated carbocycles. The van der Waals surface area contributed by atoms with Gasteiger partial charge in [0.2, 0.25) is 0 Å². The van der Waals surface area contributed by atoms with Crippen molar-refractivity contribution in [1.82, 2.24) is 10.3 Å². The summed E-state index contributed by atoms with van der Waals surface area (Å²) in [4.78, 5) is 16.0. The number of pyridine rings is 1. The van der Waals surface area contributed by atoms with E-state index in [0.717, 1.165) is 0 Å². The Kier molecular flexibility index (Phi) is 4.40. The molecule has 1 atom stereocenters. The fourth-order valence-corrected chi connectivity index (χ4v) is 1.38. The molecule has 1 aromatic heterocycles. The van der Waals surface area contributed by atoms with Gasteiger partial charge in [0.25, 0.3) is 5.91 Å². The molecule has 5 nitrogen and oxygen atoms in total. The predicted molar refractivity (Wildman–Crippen MR) is 66.9 cm³/mol. The highest BCUT2D eigenvalue weighted by Gasteiger charge is 2.24. The van der Waals surface area contributed by atoms with E-state index >= 15 is 0 Å². The second kappa shape index (κ2) is 5.61. The van der Waals surface area contributed by atoms with Gasteiger partial charge in [0, 0.05) is 0 Å². The molecule has 1 heterocycles. The number of carbonyl (C=O) groups excluding carboxylic acids is 1. The molecule has 2 N–H and O–H groups in total. The zero-order valence-electron chi connectivity index (χ0n) is 10.8. The molecule has 18 heavy (non-hydrogen) atoms. The molecule has 0 aliphatic carbocycles.